The summed E-state index contributed by atoms with van der Waals surface area (Å²) in [6.45, 7) is 3.50. The van der Waals surface area contributed by atoms with Gasteiger partial charge < -0.3 is 10.1 Å². The molecule has 0 aromatic carbocycles. The van der Waals surface area contributed by atoms with Crippen molar-refractivity contribution < 1.29 is 14.3 Å². The minimum atomic E-state index is -0.368. The molecular formula is C11H15N3O3. The molecule has 92 valence electrons. The van der Waals surface area contributed by atoms with Crippen molar-refractivity contribution in [3.63, 3.8) is 0 Å². The highest BCUT2D eigenvalue weighted by Gasteiger charge is 2.14. The van der Waals surface area contributed by atoms with Crippen LogP contribution in [0.4, 0.5) is 0 Å². The zero-order valence-corrected chi connectivity index (χ0v) is 10.1. The quantitative estimate of drug-likeness (QED) is 0.770. The average molecular weight is 237 g/mol. The molecule has 1 rings (SSSR count). The number of hydrogen-bond donors (Lipinski definition) is 1. The van der Waals surface area contributed by atoms with Crippen LogP contribution in [0.1, 0.15) is 29.5 Å². The first-order chi connectivity index (χ1) is 8.02. The molecule has 1 heterocycles. The van der Waals surface area contributed by atoms with E-state index in [1.807, 2.05) is 0 Å². The third-order valence-electron chi connectivity index (χ3n) is 2.09. The third kappa shape index (κ3) is 4.18. The number of carbonyl (C=O) groups excluding carboxylic acids is 2. The maximum atomic E-state index is 11.7. The van der Waals surface area contributed by atoms with Gasteiger partial charge in [0.25, 0.3) is 5.91 Å². The van der Waals surface area contributed by atoms with E-state index in [-0.39, 0.29) is 30.0 Å². The lowest BCUT2D eigenvalue weighted by Gasteiger charge is -2.11. The summed E-state index contributed by atoms with van der Waals surface area (Å²) in [4.78, 5) is 30.6. The van der Waals surface area contributed by atoms with E-state index >= 15 is 0 Å². The fourth-order valence-electron chi connectivity index (χ4n) is 1.19. The number of nitrogens with one attached hydrogen (secondary N) is 1. The van der Waals surface area contributed by atoms with Crippen LogP contribution < -0.4 is 5.32 Å². The molecule has 0 radical (unpaired) electrons. The molecule has 0 spiro atoms. The summed E-state index contributed by atoms with van der Waals surface area (Å²) >= 11 is 0. The van der Waals surface area contributed by atoms with Crippen LogP contribution in [0.5, 0.6) is 0 Å². The summed E-state index contributed by atoms with van der Waals surface area (Å²) in [5, 5.41) is 2.64. The molecule has 17 heavy (non-hydrogen) atoms. The first kappa shape index (κ1) is 13.1. The number of amides is 1. The monoisotopic (exact) mass is 237 g/mol. The number of nitrogens with zero attached hydrogens (tertiary/aromatic N) is 2. The van der Waals surface area contributed by atoms with E-state index in [4.69, 9.17) is 0 Å². The predicted octanol–water partition coefficient (Wildman–Crippen LogP) is 0.466. The molecule has 1 unspecified atom stereocenters. The second kappa shape index (κ2) is 5.93. The van der Waals surface area contributed by atoms with E-state index < -0.39 is 0 Å². The van der Waals surface area contributed by atoms with Crippen LogP contribution in [-0.2, 0) is 9.53 Å². The maximum Gasteiger partial charge on any atom is 0.307 e. The van der Waals surface area contributed by atoms with E-state index in [9.17, 15) is 9.59 Å². The standard InChI is InChI=1S/C11H15N3O3/c1-7(4-10(15)17-3)14-11(16)9-6-12-8(2)5-13-9/h5-7H,4H2,1-3H3,(H,14,16). The van der Waals surface area contributed by atoms with E-state index in [1.165, 1.54) is 19.5 Å². The molecule has 0 saturated carbocycles. The molecule has 6 nitrogen and oxygen atoms in total. The average Bonchev–Trinajstić information content (AvgIpc) is 2.29. The smallest absolute Gasteiger partial charge is 0.307 e. The molecule has 0 fully saturated rings. The Balaban J connectivity index is 2.54. The minimum Gasteiger partial charge on any atom is -0.469 e. The number of esters is 1. The first-order valence-electron chi connectivity index (χ1n) is 5.19. The van der Waals surface area contributed by atoms with Crippen LogP contribution in [-0.4, -0.2) is 35.0 Å². The van der Waals surface area contributed by atoms with Crippen molar-refractivity contribution >= 4 is 11.9 Å². The van der Waals surface area contributed by atoms with Crippen LogP contribution >= 0.6 is 0 Å². The number of ether oxygens (including phenoxy) is 1. The number of rotatable bonds is 4. The lowest BCUT2D eigenvalue weighted by atomic mass is 10.2. The van der Waals surface area contributed by atoms with E-state index in [2.05, 4.69) is 20.0 Å². The van der Waals surface area contributed by atoms with E-state index in [1.54, 1.807) is 13.8 Å². The number of aromatic nitrogens is 2. The molecule has 0 bridgehead atoms. The normalized spacial score (nSPS) is 11.7. The fourth-order valence-corrected chi connectivity index (χ4v) is 1.19. The maximum absolute atomic E-state index is 11.7. The summed E-state index contributed by atoms with van der Waals surface area (Å²) in [5.41, 5.74) is 0.969. The van der Waals surface area contributed by atoms with Gasteiger partial charge in [0.1, 0.15) is 5.69 Å². The third-order valence-corrected chi connectivity index (χ3v) is 2.09. The number of aryl methyl sites for hydroxylation is 1. The highest BCUT2D eigenvalue weighted by molar-refractivity contribution is 5.92. The Labute approximate surface area is 99.4 Å². The van der Waals surface area contributed by atoms with Crippen molar-refractivity contribution in [1.82, 2.24) is 15.3 Å². The van der Waals surface area contributed by atoms with Gasteiger partial charge in [-0.25, -0.2) is 4.98 Å². The molecule has 1 aromatic heterocycles. The summed E-state index contributed by atoms with van der Waals surface area (Å²) in [6.07, 6.45) is 3.04. The Kier molecular flexibility index (Phi) is 4.56. The van der Waals surface area contributed by atoms with E-state index in [0.717, 1.165) is 5.69 Å². The van der Waals surface area contributed by atoms with Crippen LogP contribution in [0.2, 0.25) is 0 Å². The largest absolute Gasteiger partial charge is 0.469 e. The Morgan fingerprint density at radius 1 is 1.41 bits per heavy atom. The van der Waals surface area contributed by atoms with Crippen LogP contribution in [0.25, 0.3) is 0 Å². The van der Waals surface area contributed by atoms with E-state index in [0.29, 0.717) is 0 Å². The Morgan fingerprint density at radius 3 is 2.65 bits per heavy atom. The SMILES string of the molecule is COC(=O)CC(C)NC(=O)c1cnc(C)cn1. The zero-order chi connectivity index (χ0) is 12.8. The number of methoxy groups -OCH3 is 1. The van der Waals surface area contributed by atoms with Gasteiger partial charge >= 0.3 is 5.97 Å². The topological polar surface area (TPSA) is 81.2 Å². The van der Waals surface area contributed by atoms with Gasteiger partial charge in [-0.05, 0) is 13.8 Å². The van der Waals surface area contributed by atoms with Crippen molar-refractivity contribution in [2.24, 2.45) is 0 Å². The molecule has 1 aromatic rings. The van der Waals surface area contributed by atoms with Gasteiger partial charge in [-0.1, -0.05) is 0 Å². The van der Waals surface area contributed by atoms with Gasteiger partial charge in [-0.15, -0.1) is 0 Å². The lowest BCUT2D eigenvalue weighted by Crippen LogP contribution is -2.35. The predicted molar refractivity (Wildman–Crippen MR) is 60.3 cm³/mol. The zero-order valence-electron chi connectivity index (χ0n) is 10.1. The first-order valence-corrected chi connectivity index (χ1v) is 5.19. The summed E-state index contributed by atoms with van der Waals surface area (Å²) in [6, 6.07) is -0.307. The van der Waals surface area contributed by atoms with Crippen molar-refractivity contribution in [3.8, 4) is 0 Å². The second-order valence-electron chi connectivity index (χ2n) is 3.70. The number of carbonyl (C=O) groups is 2. The minimum absolute atomic E-state index is 0.127. The second-order valence-corrected chi connectivity index (χ2v) is 3.70. The molecule has 0 saturated heterocycles. The van der Waals surface area contributed by atoms with Crippen molar-refractivity contribution in [3.05, 3.63) is 23.8 Å². The summed E-state index contributed by atoms with van der Waals surface area (Å²) < 4.78 is 4.51. The number of hydrogen-bond acceptors (Lipinski definition) is 5. The van der Waals surface area contributed by atoms with Gasteiger partial charge in [0.2, 0.25) is 0 Å². The van der Waals surface area contributed by atoms with Gasteiger partial charge in [-0.3, -0.25) is 14.6 Å². The molecule has 1 atom stereocenters. The summed E-state index contributed by atoms with van der Waals surface area (Å²) in [5.74, 6) is -0.721. The molecule has 0 aliphatic heterocycles. The van der Waals surface area contributed by atoms with Crippen molar-refractivity contribution in [1.29, 1.82) is 0 Å². The summed E-state index contributed by atoms with van der Waals surface area (Å²) in [7, 11) is 1.31. The molecule has 0 aliphatic carbocycles. The molecule has 1 N–H and O–H groups in total. The highest BCUT2D eigenvalue weighted by atomic mass is 16.5. The Bertz CT molecular complexity index is 403. The van der Waals surface area contributed by atoms with Gasteiger partial charge in [0.05, 0.1) is 25.4 Å². The van der Waals surface area contributed by atoms with Gasteiger partial charge in [-0.2, -0.15) is 0 Å². The Morgan fingerprint density at radius 2 is 2.12 bits per heavy atom. The molecule has 6 heteroatoms. The van der Waals surface area contributed by atoms with Crippen molar-refractivity contribution in [2.45, 2.75) is 26.3 Å². The molecule has 1 amide bonds. The highest BCUT2D eigenvalue weighted by Crippen LogP contribution is 1.98. The van der Waals surface area contributed by atoms with Crippen LogP contribution in [0, 0.1) is 6.92 Å². The molecule has 0 aliphatic rings. The van der Waals surface area contributed by atoms with Crippen molar-refractivity contribution in [2.75, 3.05) is 7.11 Å². The molecular weight excluding hydrogens is 222 g/mol. The Hall–Kier alpha value is -1.98. The van der Waals surface area contributed by atoms with Crippen LogP contribution in [0.15, 0.2) is 12.4 Å². The fraction of sp³-hybridized carbons (Fsp3) is 0.455. The van der Waals surface area contributed by atoms with Gasteiger partial charge in [0, 0.05) is 12.2 Å². The van der Waals surface area contributed by atoms with Gasteiger partial charge in [0.15, 0.2) is 0 Å². The van der Waals surface area contributed by atoms with Crippen LogP contribution in [0.3, 0.4) is 0 Å². The lowest BCUT2D eigenvalue weighted by molar-refractivity contribution is -0.141.